The Morgan fingerprint density at radius 2 is 2.12 bits per heavy atom. The zero-order valence-electron chi connectivity index (χ0n) is 11.3. The molecular formula is C13H23N3O. The van der Waals surface area contributed by atoms with E-state index in [4.69, 9.17) is 0 Å². The van der Waals surface area contributed by atoms with E-state index in [0.29, 0.717) is 0 Å². The first kappa shape index (κ1) is 13.7. The van der Waals surface area contributed by atoms with Crippen molar-refractivity contribution in [2.45, 2.75) is 53.0 Å². The minimum atomic E-state index is -0.225. The second-order valence-electron chi connectivity index (χ2n) is 4.25. The van der Waals surface area contributed by atoms with Gasteiger partial charge >= 0.3 is 0 Å². The molecule has 1 N–H and O–H groups in total. The van der Waals surface area contributed by atoms with Crippen LogP contribution in [0, 0.1) is 0 Å². The number of aromatic nitrogens is 2. The minimum Gasteiger partial charge on any atom is -0.354 e. The van der Waals surface area contributed by atoms with Crippen LogP contribution in [-0.4, -0.2) is 22.2 Å². The van der Waals surface area contributed by atoms with E-state index in [1.807, 2.05) is 18.5 Å². The Morgan fingerprint density at radius 3 is 2.65 bits per heavy atom. The first-order chi connectivity index (χ1) is 8.13. The third-order valence-electron chi connectivity index (χ3n) is 2.88. The van der Waals surface area contributed by atoms with E-state index in [0.717, 1.165) is 37.2 Å². The van der Waals surface area contributed by atoms with Gasteiger partial charge in [0.05, 0.1) is 5.69 Å². The lowest BCUT2D eigenvalue weighted by molar-refractivity contribution is -0.124. The molecular weight excluding hydrogens is 214 g/mol. The standard InChI is InChI=1S/C13H23N3O/c1-5-8-14-13(17)10(4)16-12(7-3)9-11(6-2)15-16/h9-10H,5-8H2,1-4H3,(H,14,17). The summed E-state index contributed by atoms with van der Waals surface area (Å²) in [5.74, 6) is 0.0484. The average molecular weight is 237 g/mol. The van der Waals surface area contributed by atoms with Crippen LogP contribution in [0.5, 0.6) is 0 Å². The summed E-state index contributed by atoms with van der Waals surface area (Å²) >= 11 is 0. The lowest BCUT2D eigenvalue weighted by Crippen LogP contribution is -2.32. The third kappa shape index (κ3) is 3.32. The van der Waals surface area contributed by atoms with Gasteiger partial charge in [-0.3, -0.25) is 9.48 Å². The molecule has 0 saturated carbocycles. The molecule has 1 aromatic rings. The van der Waals surface area contributed by atoms with Crippen LogP contribution in [0.3, 0.4) is 0 Å². The normalized spacial score (nSPS) is 12.5. The van der Waals surface area contributed by atoms with Gasteiger partial charge in [0.1, 0.15) is 6.04 Å². The summed E-state index contributed by atoms with van der Waals surface area (Å²) in [7, 11) is 0. The van der Waals surface area contributed by atoms with Crippen LogP contribution in [0.1, 0.15) is 51.5 Å². The first-order valence-corrected chi connectivity index (χ1v) is 6.48. The van der Waals surface area contributed by atoms with Gasteiger partial charge in [-0.25, -0.2) is 0 Å². The largest absolute Gasteiger partial charge is 0.354 e. The highest BCUT2D eigenvalue weighted by atomic mass is 16.2. The van der Waals surface area contributed by atoms with Crippen LogP contribution in [0.4, 0.5) is 0 Å². The van der Waals surface area contributed by atoms with Crippen LogP contribution in [0.2, 0.25) is 0 Å². The van der Waals surface area contributed by atoms with Crippen LogP contribution in [0.25, 0.3) is 0 Å². The number of carbonyl (C=O) groups excluding carboxylic acids is 1. The van der Waals surface area contributed by atoms with Gasteiger partial charge in [-0.15, -0.1) is 0 Å². The number of carbonyl (C=O) groups is 1. The number of amides is 1. The fourth-order valence-corrected chi connectivity index (χ4v) is 1.77. The smallest absolute Gasteiger partial charge is 0.244 e. The monoisotopic (exact) mass is 237 g/mol. The fraction of sp³-hybridized carbons (Fsp3) is 0.692. The molecule has 1 rings (SSSR count). The van der Waals surface area contributed by atoms with Crippen molar-refractivity contribution < 1.29 is 4.79 Å². The minimum absolute atomic E-state index is 0.0484. The first-order valence-electron chi connectivity index (χ1n) is 6.48. The molecule has 0 fully saturated rings. The van der Waals surface area contributed by atoms with Gasteiger partial charge in [0.15, 0.2) is 0 Å². The van der Waals surface area contributed by atoms with Gasteiger partial charge < -0.3 is 5.32 Å². The number of nitrogens with zero attached hydrogens (tertiary/aromatic N) is 2. The van der Waals surface area contributed by atoms with E-state index in [9.17, 15) is 4.79 Å². The van der Waals surface area contributed by atoms with Crippen molar-refractivity contribution in [3.63, 3.8) is 0 Å². The van der Waals surface area contributed by atoms with E-state index in [2.05, 4.69) is 30.3 Å². The molecule has 4 nitrogen and oxygen atoms in total. The van der Waals surface area contributed by atoms with E-state index in [-0.39, 0.29) is 11.9 Å². The van der Waals surface area contributed by atoms with Crippen molar-refractivity contribution in [2.75, 3.05) is 6.54 Å². The molecule has 1 heterocycles. The Bertz CT molecular complexity index is 371. The Kier molecular flexibility index (Phi) is 5.19. The van der Waals surface area contributed by atoms with Gasteiger partial charge in [-0.05, 0) is 32.3 Å². The molecule has 0 aliphatic rings. The van der Waals surface area contributed by atoms with Crippen molar-refractivity contribution in [1.82, 2.24) is 15.1 Å². The quantitative estimate of drug-likeness (QED) is 0.823. The summed E-state index contributed by atoms with van der Waals surface area (Å²) in [5.41, 5.74) is 2.18. The van der Waals surface area contributed by atoms with Crippen LogP contribution >= 0.6 is 0 Å². The molecule has 4 heteroatoms. The maximum Gasteiger partial charge on any atom is 0.244 e. The highest BCUT2D eigenvalue weighted by Gasteiger charge is 2.18. The molecule has 1 amide bonds. The maximum absolute atomic E-state index is 11.9. The van der Waals surface area contributed by atoms with E-state index < -0.39 is 0 Å². The van der Waals surface area contributed by atoms with Crippen LogP contribution < -0.4 is 5.32 Å². The number of hydrogen-bond acceptors (Lipinski definition) is 2. The summed E-state index contributed by atoms with van der Waals surface area (Å²) in [4.78, 5) is 11.9. The number of nitrogens with one attached hydrogen (secondary N) is 1. The second kappa shape index (κ2) is 6.42. The van der Waals surface area contributed by atoms with E-state index in [1.165, 1.54) is 0 Å². The average Bonchev–Trinajstić information content (AvgIpc) is 2.78. The summed E-state index contributed by atoms with van der Waals surface area (Å²) in [6.07, 6.45) is 2.76. The molecule has 1 atom stereocenters. The molecule has 1 unspecified atom stereocenters. The zero-order valence-corrected chi connectivity index (χ0v) is 11.3. The van der Waals surface area contributed by atoms with Crippen LogP contribution in [-0.2, 0) is 17.6 Å². The molecule has 0 radical (unpaired) electrons. The molecule has 17 heavy (non-hydrogen) atoms. The summed E-state index contributed by atoms with van der Waals surface area (Å²) in [6.45, 7) is 8.84. The lowest BCUT2D eigenvalue weighted by Gasteiger charge is -2.14. The summed E-state index contributed by atoms with van der Waals surface area (Å²) in [6, 6.07) is 1.86. The molecule has 1 aromatic heterocycles. The topological polar surface area (TPSA) is 46.9 Å². The Labute approximate surface area is 103 Å². The molecule has 0 saturated heterocycles. The predicted molar refractivity (Wildman–Crippen MR) is 69.0 cm³/mol. The Hall–Kier alpha value is -1.32. The number of aryl methyl sites for hydroxylation is 2. The molecule has 0 aromatic carbocycles. The van der Waals surface area contributed by atoms with Crippen molar-refractivity contribution in [3.8, 4) is 0 Å². The Morgan fingerprint density at radius 1 is 1.41 bits per heavy atom. The molecule has 0 bridgehead atoms. The van der Waals surface area contributed by atoms with Gasteiger partial charge in [0, 0.05) is 12.2 Å². The highest BCUT2D eigenvalue weighted by molar-refractivity contribution is 5.79. The zero-order chi connectivity index (χ0) is 12.8. The van der Waals surface area contributed by atoms with Gasteiger partial charge in [-0.2, -0.15) is 5.10 Å². The summed E-state index contributed by atoms with van der Waals surface area (Å²) in [5, 5.41) is 7.39. The second-order valence-corrected chi connectivity index (χ2v) is 4.25. The van der Waals surface area contributed by atoms with Crippen molar-refractivity contribution in [3.05, 3.63) is 17.5 Å². The van der Waals surface area contributed by atoms with Crippen LogP contribution in [0.15, 0.2) is 6.07 Å². The lowest BCUT2D eigenvalue weighted by atomic mass is 10.2. The fourth-order valence-electron chi connectivity index (χ4n) is 1.77. The van der Waals surface area contributed by atoms with Gasteiger partial charge in [0.25, 0.3) is 0 Å². The van der Waals surface area contributed by atoms with Crippen molar-refractivity contribution in [2.24, 2.45) is 0 Å². The third-order valence-corrected chi connectivity index (χ3v) is 2.88. The van der Waals surface area contributed by atoms with Gasteiger partial charge in [-0.1, -0.05) is 20.8 Å². The summed E-state index contributed by atoms with van der Waals surface area (Å²) < 4.78 is 1.85. The van der Waals surface area contributed by atoms with Crippen molar-refractivity contribution >= 4 is 5.91 Å². The van der Waals surface area contributed by atoms with E-state index >= 15 is 0 Å². The molecule has 0 aliphatic carbocycles. The molecule has 0 spiro atoms. The van der Waals surface area contributed by atoms with Crippen molar-refractivity contribution in [1.29, 1.82) is 0 Å². The maximum atomic E-state index is 11.9. The van der Waals surface area contributed by atoms with E-state index in [1.54, 1.807) is 0 Å². The van der Waals surface area contributed by atoms with Gasteiger partial charge in [0.2, 0.25) is 5.91 Å². The Balaban J connectivity index is 2.82. The molecule has 96 valence electrons. The predicted octanol–water partition coefficient (Wildman–Crippen LogP) is 2.10. The number of rotatable bonds is 6. The molecule has 0 aliphatic heterocycles. The SMILES string of the molecule is CCCNC(=O)C(C)n1nc(CC)cc1CC. The highest BCUT2D eigenvalue weighted by Crippen LogP contribution is 2.13. The number of hydrogen-bond donors (Lipinski definition) is 1.